The lowest BCUT2D eigenvalue weighted by Crippen LogP contribution is -2.34. The van der Waals surface area contributed by atoms with E-state index >= 15 is 0 Å². The molecule has 0 spiro atoms. The second-order valence-corrected chi connectivity index (χ2v) is 6.75. The van der Waals surface area contributed by atoms with E-state index in [0.29, 0.717) is 16.7 Å². The number of rotatable bonds is 3. The number of halogens is 3. The first kappa shape index (κ1) is 19.5. The van der Waals surface area contributed by atoms with E-state index in [1.54, 1.807) is 6.92 Å². The van der Waals surface area contributed by atoms with Gasteiger partial charge >= 0.3 is 0 Å². The van der Waals surface area contributed by atoms with Crippen LogP contribution in [-0.4, -0.2) is 22.5 Å². The Morgan fingerprint density at radius 2 is 1.80 bits per heavy atom. The molecule has 2 N–H and O–H groups in total. The van der Waals surface area contributed by atoms with E-state index in [1.807, 2.05) is 0 Å². The number of benzene rings is 2. The van der Waals surface area contributed by atoms with E-state index in [4.69, 9.17) is 5.73 Å². The van der Waals surface area contributed by atoms with Gasteiger partial charge in [0, 0.05) is 11.1 Å². The van der Waals surface area contributed by atoms with E-state index in [9.17, 15) is 22.8 Å². The van der Waals surface area contributed by atoms with Crippen molar-refractivity contribution >= 4 is 17.5 Å². The predicted octanol–water partition coefficient (Wildman–Crippen LogP) is 3.22. The second kappa shape index (κ2) is 7.22. The summed E-state index contributed by atoms with van der Waals surface area (Å²) in [6, 6.07) is 8.58. The molecule has 0 aliphatic carbocycles. The highest BCUT2D eigenvalue weighted by Crippen LogP contribution is 2.38. The molecule has 2 heterocycles. The summed E-state index contributed by atoms with van der Waals surface area (Å²) in [6.45, 7) is 1.65. The third-order valence-corrected chi connectivity index (χ3v) is 4.90. The maximum atomic E-state index is 14.5. The van der Waals surface area contributed by atoms with Gasteiger partial charge < -0.3 is 5.73 Å². The number of aromatic nitrogens is 1. The minimum Gasteiger partial charge on any atom is -0.364 e. The zero-order chi connectivity index (χ0) is 21.6. The van der Waals surface area contributed by atoms with Crippen LogP contribution in [0.2, 0.25) is 0 Å². The van der Waals surface area contributed by atoms with Crippen molar-refractivity contribution in [1.82, 2.24) is 4.98 Å². The summed E-state index contributed by atoms with van der Waals surface area (Å²) in [4.78, 5) is 32.5. The van der Waals surface area contributed by atoms with Gasteiger partial charge in [0.25, 0.3) is 11.8 Å². The van der Waals surface area contributed by atoms with Crippen molar-refractivity contribution in [3.8, 4) is 11.1 Å². The molecule has 149 valence electrons. The highest BCUT2D eigenvalue weighted by Gasteiger charge is 2.39. The molecule has 1 aliphatic rings. The summed E-state index contributed by atoms with van der Waals surface area (Å²) in [5.41, 5.74) is 5.82. The van der Waals surface area contributed by atoms with Crippen molar-refractivity contribution in [2.45, 2.75) is 12.8 Å². The SMILES string of the molecule is Cc1cc(F)ccc1-c1c[c]nc2c1C(C(N)=O)=NC(=O)C2c1c(F)cccc1F. The Morgan fingerprint density at radius 3 is 2.43 bits per heavy atom. The van der Waals surface area contributed by atoms with E-state index in [-0.39, 0.29) is 17.0 Å². The Bertz CT molecular complexity index is 1230. The van der Waals surface area contributed by atoms with E-state index in [2.05, 4.69) is 16.2 Å². The van der Waals surface area contributed by atoms with Crippen LogP contribution in [0.5, 0.6) is 0 Å². The molecule has 2 amide bonds. The molecule has 2 aromatic carbocycles. The van der Waals surface area contributed by atoms with Gasteiger partial charge in [0.2, 0.25) is 0 Å². The number of aliphatic imine (C=N–C) groups is 1. The first-order valence-corrected chi connectivity index (χ1v) is 8.83. The lowest BCUT2D eigenvalue weighted by Gasteiger charge is -2.24. The normalized spacial score (nSPS) is 15.5. The van der Waals surface area contributed by atoms with Crippen LogP contribution in [0.3, 0.4) is 0 Å². The molecule has 0 saturated carbocycles. The molecule has 3 aromatic rings. The maximum absolute atomic E-state index is 14.5. The molecule has 30 heavy (non-hydrogen) atoms. The van der Waals surface area contributed by atoms with Crippen LogP contribution in [0.1, 0.15) is 28.3 Å². The number of hydrogen-bond acceptors (Lipinski definition) is 3. The summed E-state index contributed by atoms with van der Waals surface area (Å²) in [5.74, 6) is -5.89. The minimum absolute atomic E-state index is 0.0585. The Balaban J connectivity index is 2.06. The third-order valence-electron chi connectivity index (χ3n) is 4.90. The van der Waals surface area contributed by atoms with Crippen molar-refractivity contribution < 1.29 is 22.8 Å². The van der Waals surface area contributed by atoms with Crippen molar-refractivity contribution in [3.05, 3.63) is 88.5 Å². The molecule has 0 saturated heterocycles. The number of carbonyl (C=O) groups excluding carboxylic acids is 2. The summed E-state index contributed by atoms with van der Waals surface area (Å²) < 4.78 is 42.5. The van der Waals surface area contributed by atoms with Gasteiger partial charge in [-0.05, 0) is 53.9 Å². The lowest BCUT2D eigenvalue weighted by atomic mass is 9.83. The van der Waals surface area contributed by atoms with Gasteiger partial charge in [0.05, 0.1) is 11.9 Å². The van der Waals surface area contributed by atoms with Gasteiger partial charge in [-0.3, -0.25) is 9.59 Å². The highest BCUT2D eigenvalue weighted by molar-refractivity contribution is 6.48. The van der Waals surface area contributed by atoms with E-state index in [0.717, 1.165) is 12.1 Å². The van der Waals surface area contributed by atoms with Crippen LogP contribution >= 0.6 is 0 Å². The van der Waals surface area contributed by atoms with Crippen LogP contribution in [-0.2, 0) is 9.59 Å². The molecule has 1 aromatic heterocycles. The molecule has 4 rings (SSSR count). The van der Waals surface area contributed by atoms with Crippen molar-refractivity contribution in [1.29, 1.82) is 0 Å². The Hall–Kier alpha value is -3.81. The number of nitrogens with two attached hydrogens (primary N) is 1. The number of primary amides is 1. The Morgan fingerprint density at radius 1 is 1.10 bits per heavy atom. The van der Waals surface area contributed by atoms with Gasteiger partial charge in [-0.15, -0.1) is 0 Å². The van der Waals surface area contributed by atoms with Gasteiger partial charge in [0.1, 0.15) is 29.1 Å². The molecule has 0 fully saturated rings. The van der Waals surface area contributed by atoms with Crippen molar-refractivity contribution in [3.63, 3.8) is 0 Å². The van der Waals surface area contributed by atoms with Crippen LogP contribution in [0.4, 0.5) is 13.2 Å². The number of pyridine rings is 1. The molecule has 0 bridgehead atoms. The number of nitrogens with zero attached hydrogens (tertiary/aromatic N) is 2. The smallest absolute Gasteiger partial charge is 0.268 e. The Kier molecular flexibility index (Phi) is 4.69. The number of amides is 2. The summed E-state index contributed by atoms with van der Waals surface area (Å²) in [7, 11) is 0. The Labute approximate surface area is 169 Å². The van der Waals surface area contributed by atoms with Crippen LogP contribution in [0, 0.1) is 30.6 Å². The minimum atomic E-state index is -1.53. The van der Waals surface area contributed by atoms with Crippen molar-refractivity contribution in [2.75, 3.05) is 0 Å². The average Bonchev–Trinajstić information content (AvgIpc) is 2.68. The maximum Gasteiger partial charge on any atom is 0.268 e. The standard InChI is InChI=1S/C22H13F3N3O2/c1-10-9-11(23)5-6-12(10)13-7-8-27-19-16(13)20(21(26)29)28-22(30)18(19)17-14(24)3-2-4-15(17)25/h2-7,9,18H,1H3,(H2,26,29). The fourth-order valence-electron chi connectivity index (χ4n) is 3.60. The molecular formula is C22H13F3N3O2. The zero-order valence-corrected chi connectivity index (χ0v) is 15.5. The predicted molar refractivity (Wildman–Crippen MR) is 102 cm³/mol. The lowest BCUT2D eigenvalue weighted by molar-refractivity contribution is -0.119. The molecular weight excluding hydrogens is 395 g/mol. The molecule has 5 nitrogen and oxygen atoms in total. The average molecular weight is 408 g/mol. The fourth-order valence-corrected chi connectivity index (χ4v) is 3.60. The van der Waals surface area contributed by atoms with Crippen LogP contribution in [0.25, 0.3) is 11.1 Å². The van der Waals surface area contributed by atoms with Crippen molar-refractivity contribution in [2.24, 2.45) is 10.7 Å². The first-order valence-electron chi connectivity index (χ1n) is 8.83. The third kappa shape index (κ3) is 3.06. The fraction of sp³-hybridized carbons (Fsp3) is 0.0909. The number of aryl methyl sites for hydroxylation is 1. The van der Waals surface area contributed by atoms with E-state index < -0.39 is 40.7 Å². The largest absolute Gasteiger partial charge is 0.364 e. The monoisotopic (exact) mass is 408 g/mol. The first-order chi connectivity index (χ1) is 14.3. The second-order valence-electron chi connectivity index (χ2n) is 6.75. The van der Waals surface area contributed by atoms with Gasteiger partial charge in [-0.2, -0.15) is 0 Å². The molecule has 8 heteroatoms. The molecule has 1 radical (unpaired) electrons. The van der Waals surface area contributed by atoms with Crippen LogP contribution in [0.15, 0.2) is 47.5 Å². The molecule has 1 atom stereocenters. The van der Waals surface area contributed by atoms with Gasteiger partial charge in [0.15, 0.2) is 0 Å². The summed E-state index contributed by atoms with van der Waals surface area (Å²) in [6.07, 6.45) is 2.60. The number of fused-ring (bicyclic) bond motifs is 1. The molecule has 1 aliphatic heterocycles. The summed E-state index contributed by atoms with van der Waals surface area (Å²) in [5, 5.41) is 0. The van der Waals surface area contributed by atoms with Gasteiger partial charge in [-0.25, -0.2) is 23.1 Å². The van der Waals surface area contributed by atoms with Gasteiger partial charge in [-0.1, -0.05) is 12.1 Å². The zero-order valence-electron chi connectivity index (χ0n) is 15.5. The molecule has 1 unspecified atom stereocenters. The topological polar surface area (TPSA) is 85.4 Å². The quantitative estimate of drug-likeness (QED) is 0.722. The summed E-state index contributed by atoms with van der Waals surface area (Å²) >= 11 is 0. The number of hydrogen-bond donors (Lipinski definition) is 1. The van der Waals surface area contributed by atoms with Crippen LogP contribution < -0.4 is 5.73 Å². The van der Waals surface area contributed by atoms with E-state index in [1.165, 1.54) is 30.3 Å². The highest BCUT2D eigenvalue weighted by atomic mass is 19.1. The number of carbonyl (C=O) groups is 2.